The molecule has 0 aromatic carbocycles. The summed E-state index contributed by atoms with van der Waals surface area (Å²) in [7, 11) is -3.37. The maximum atomic E-state index is 11.4. The Balaban J connectivity index is 2.17. The molecule has 1 fully saturated rings. The number of esters is 1. The van der Waals surface area contributed by atoms with Gasteiger partial charge in [0.25, 0.3) is 0 Å². The Morgan fingerprint density at radius 2 is 1.94 bits per heavy atom. The van der Waals surface area contributed by atoms with E-state index in [0.29, 0.717) is 0 Å². The molecule has 6 nitrogen and oxygen atoms in total. The summed E-state index contributed by atoms with van der Waals surface area (Å²) in [5.41, 5.74) is 0. The van der Waals surface area contributed by atoms with Crippen LogP contribution in [0.15, 0.2) is 0 Å². The number of hydrogen-bond donors (Lipinski definition) is 0. The molecule has 0 aromatic rings. The van der Waals surface area contributed by atoms with Crippen LogP contribution in [-0.2, 0) is 27.7 Å². The molecule has 0 radical (unpaired) electrons. The molecule has 0 aromatic heterocycles. The summed E-state index contributed by atoms with van der Waals surface area (Å²) in [4.78, 5) is 11.3. The highest BCUT2D eigenvalue weighted by atomic mass is 79.9. The van der Waals surface area contributed by atoms with Gasteiger partial charge >= 0.3 is 13.8 Å². The number of carbonyl (C=O) groups is 1. The maximum Gasteiger partial charge on any atom is 0.475 e. The first-order valence-electron chi connectivity index (χ1n) is 4.73. The maximum absolute atomic E-state index is 11.4. The molecule has 1 aliphatic heterocycles. The van der Waals surface area contributed by atoms with Crippen molar-refractivity contribution in [2.45, 2.75) is 18.2 Å². The summed E-state index contributed by atoms with van der Waals surface area (Å²) in [6.07, 6.45) is 0. The molecule has 1 aliphatic rings. The summed E-state index contributed by atoms with van der Waals surface area (Å²) >= 11 is 3.15. The Morgan fingerprint density at radius 3 is 2.44 bits per heavy atom. The van der Waals surface area contributed by atoms with E-state index in [0.717, 1.165) is 0 Å². The van der Waals surface area contributed by atoms with Crippen LogP contribution in [-0.4, -0.2) is 36.7 Å². The Hall–Kier alpha value is 0.0600. The SMILES string of the molecule is CC(C)(Br)C(=O)OCCOP1(=O)OCCO1. The fourth-order valence-corrected chi connectivity index (χ4v) is 2.10. The topological polar surface area (TPSA) is 71.1 Å². The van der Waals surface area contributed by atoms with Crippen molar-refractivity contribution in [3.63, 3.8) is 0 Å². The summed E-state index contributed by atoms with van der Waals surface area (Å²) in [6.45, 7) is 3.83. The van der Waals surface area contributed by atoms with Crippen LogP contribution in [0.25, 0.3) is 0 Å². The third-order valence-corrected chi connectivity index (χ3v) is 3.45. The molecular formula is C8H14BrO6P. The van der Waals surface area contributed by atoms with Crippen molar-refractivity contribution in [2.75, 3.05) is 26.4 Å². The van der Waals surface area contributed by atoms with Gasteiger partial charge in [0.05, 0.1) is 19.8 Å². The van der Waals surface area contributed by atoms with Gasteiger partial charge in [0.1, 0.15) is 10.9 Å². The van der Waals surface area contributed by atoms with Crippen LogP contribution in [0.2, 0.25) is 0 Å². The number of halogens is 1. The van der Waals surface area contributed by atoms with E-state index in [1.54, 1.807) is 13.8 Å². The van der Waals surface area contributed by atoms with Gasteiger partial charge in [-0.15, -0.1) is 0 Å². The molecule has 0 unspecified atom stereocenters. The lowest BCUT2D eigenvalue weighted by Gasteiger charge is -2.15. The highest BCUT2D eigenvalue weighted by Gasteiger charge is 2.32. The number of ether oxygens (including phenoxy) is 1. The average molecular weight is 317 g/mol. The summed E-state index contributed by atoms with van der Waals surface area (Å²) < 4.78 is 30.0. The average Bonchev–Trinajstić information content (AvgIpc) is 2.58. The largest absolute Gasteiger partial charge is 0.475 e. The van der Waals surface area contributed by atoms with Gasteiger partial charge in [-0.05, 0) is 13.8 Å². The van der Waals surface area contributed by atoms with Crippen LogP contribution in [0.1, 0.15) is 13.8 Å². The van der Waals surface area contributed by atoms with Gasteiger partial charge in [0.15, 0.2) is 0 Å². The Bertz CT molecular complexity index is 289. The summed E-state index contributed by atoms with van der Waals surface area (Å²) in [5.74, 6) is -0.414. The van der Waals surface area contributed by atoms with Crippen LogP contribution in [0.4, 0.5) is 0 Å². The molecule has 1 heterocycles. The second kappa shape index (κ2) is 5.60. The summed E-state index contributed by atoms with van der Waals surface area (Å²) in [5, 5.41) is 0. The van der Waals surface area contributed by atoms with Crippen LogP contribution in [0, 0.1) is 0 Å². The van der Waals surface area contributed by atoms with Crippen molar-refractivity contribution in [3.8, 4) is 0 Å². The van der Waals surface area contributed by atoms with Crippen LogP contribution >= 0.6 is 23.8 Å². The van der Waals surface area contributed by atoms with Crippen molar-refractivity contribution in [1.29, 1.82) is 0 Å². The standard InChI is InChI=1S/C8H14BrO6P/c1-8(2,9)7(10)12-3-4-13-16(11)14-5-6-15-16/h3-6H2,1-2H3. The lowest BCUT2D eigenvalue weighted by Crippen LogP contribution is -2.27. The first kappa shape index (κ1) is 14.1. The molecule has 8 heteroatoms. The van der Waals surface area contributed by atoms with Gasteiger partial charge in [0, 0.05) is 0 Å². The van der Waals surface area contributed by atoms with Gasteiger partial charge in [-0.2, -0.15) is 0 Å². The van der Waals surface area contributed by atoms with Crippen molar-refractivity contribution >= 4 is 29.7 Å². The predicted molar refractivity (Wildman–Crippen MR) is 59.4 cm³/mol. The van der Waals surface area contributed by atoms with E-state index in [1.807, 2.05) is 0 Å². The molecule has 0 aliphatic carbocycles. The van der Waals surface area contributed by atoms with E-state index >= 15 is 0 Å². The van der Waals surface area contributed by atoms with Gasteiger partial charge in [-0.1, -0.05) is 15.9 Å². The third kappa shape index (κ3) is 4.51. The Labute approximate surface area is 102 Å². The van der Waals surface area contributed by atoms with E-state index in [1.165, 1.54) is 0 Å². The van der Waals surface area contributed by atoms with Gasteiger partial charge in [-0.3, -0.25) is 18.4 Å². The second-order valence-corrected chi connectivity index (χ2v) is 7.21. The van der Waals surface area contributed by atoms with Crippen molar-refractivity contribution < 1.29 is 27.7 Å². The van der Waals surface area contributed by atoms with Crippen molar-refractivity contribution in [3.05, 3.63) is 0 Å². The van der Waals surface area contributed by atoms with E-state index in [-0.39, 0.29) is 26.4 Å². The zero-order chi connectivity index (χ0) is 12.2. The fraction of sp³-hybridized carbons (Fsp3) is 0.875. The molecule has 0 atom stereocenters. The van der Waals surface area contributed by atoms with E-state index in [2.05, 4.69) is 15.9 Å². The van der Waals surface area contributed by atoms with E-state index in [9.17, 15) is 9.36 Å². The van der Waals surface area contributed by atoms with Crippen molar-refractivity contribution in [1.82, 2.24) is 0 Å². The lowest BCUT2D eigenvalue weighted by atomic mass is 10.2. The van der Waals surface area contributed by atoms with E-state index < -0.39 is 18.1 Å². The Kier molecular flexibility index (Phi) is 4.94. The quantitative estimate of drug-likeness (QED) is 0.334. The third-order valence-electron chi connectivity index (χ3n) is 1.63. The molecule has 0 spiro atoms. The van der Waals surface area contributed by atoms with Crippen LogP contribution in [0.5, 0.6) is 0 Å². The molecule has 94 valence electrons. The Morgan fingerprint density at radius 1 is 1.38 bits per heavy atom. The number of alkyl halides is 1. The minimum absolute atomic E-state index is 0.00454. The zero-order valence-corrected chi connectivity index (χ0v) is 11.6. The number of hydrogen-bond acceptors (Lipinski definition) is 6. The number of carbonyl (C=O) groups excluding carboxylic acids is 1. The predicted octanol–water partition coefficient (Wildman–Crippen LogP) is 1.87. The molecule has 0 N–H and O–H groups in total. The van der Waals surface area contributed by atoms with Crippen LogP contribution < -0.4 is 0 Å². The smallest absolute Gasteiger partial charge is 0.462 e. The highest BCUT2D eigenvalue weighted by molar-refractivity contribution is 9.10. The normalized spacial score (nSPS) is 19.7. The second-order valence-electron chi connectivity index (χ2n) is 3.56. The molecule has 16 heavy (non-hydrogen) atoms. The molecule has 1 saturated heterocycles. The lowest BCUT2D eigenvalue weighted by molar-refractivity contribution is -0.146. The van der Waals surface area contributed by atoms with Crippen molar-refractivity contribution in [2.24, 2.45) is 0 Å². The highest BCUT2D eigenvalue weighted by Crippen LogP contribution is 2.52. The number of rotatable bonds is 5. The van der Waals surface area contributed by atoms with Crippen LogP contribution in [0.3, 0.4) is 0 Å². The van der Waals surface area contributed by atoms with Gasteiger partial charge in [-0.25, -0.2) is 4.57 Å². The number of phosphoric acid groups is 1. The van der Waals surface area contributed by atoms with Gasteiger partial charge < -0.3 is 4.74 Å². The zero-order valence-electron chi connectivity index (χ0n) is 9.10. The fourth-order valence-electron chi connectivity index (χ4n) is 0.865. The monoisotopic (exact) mass is 316 g/mol. The first-order chi connectivity index (χ1) is 7.33. The first-order valence-corrected chi connectivity index (χ1v) is 6.99. The molecule has 0 amide bonds. The van der Waals surface area contributed by atoms with Gasteiger partial charge in [0.2, 0.25) is 0 Å². The number of phosphoric ester groups is 1. The molecule has 0 bridgehead atoms. The minimum atomic E-state index is -3.37. The minimum Gasteiger partial charge on any atom is -0.462 e. The molecule has 0 saturated carbocycles. The van der Waals surface area contributed by atoms with E-state index in [4.69, 9.17) is 18.3 Å². The summed E-state index contributed by atoms with van der Waals surface area (Å²) in [6, 6.07) is 0. The molecular weight excluding hydrogens is 303 g/mol. The molecule has 1 rings (SSSR count).